The monoisotopic (exact) mass is 336 g/mol. The lowest BCUT2D eigenvalue weighted by Crippen LogP contribution is -2.00. The predicted octanol–water partition coefficient (Wildman–Crippen LogP) is 4.16. The smallest absolute Gasteiger partial charge is 0.303 e. The Morgan fingerprint density at radius 2 is 1.58 bits per heavy atom. The minimum absolute atomic E-state index is 0.179. The van der Waals surface area contributed by atoms with E-state index in [0.717, 1.165) is 25.7 Å². The minimum atomic E-state index is -0.777. The molecule has 0 amide bonds. The fourth-order valence-corrected chi connectivity index (χ4v) is 2.02. The van der Waals surface area contributed by atoms with E-state index in [1.807, 2.05) is 30.4 Å². The van der Waals surface area contributed by atoms with Crippen LogP contribution in [-0.2, 0) is 4.79 Å². The molecular weight excluding hydrogens is 304 g/mol. The van der Waals surface area contributed by atoms with Gasteiger partial charge in [-0.2, -0.15) is 0 Å². The summed E-state index contributed by atoms with van der Waals surface area (Å²) in [5, 5.41) is 27.9. The Bertz CT molecular complexity index is 421. The van der Waals surface area contributed by atoms with Crippen molar-refractivity contribution in [3.05, 3.63) is 48.6 Å². The lowest BCUT2D eigenvalue weighted by molar-refractivity contribution is -0.137. The normalized spacial score (nSPS) is 15.1. The molecule has 0 saturated heterocycles. The molecule has 0 heterocycles. The fraction of sp³-hybridized carbons (Fsp3) is 0.550. The molecule has 4 heteroatoms. The van der Waals surface area contributed by atoms with E-state index in [1.54, 1.807) is 18.2 Å². The van der Waals surface area contributed by atoms with E-state index in [1.165, 1.54) is 0 Å². The highest BCUT2D eigenvalue weighted by molar-refractivity contribution is 5.66. The summed E-state index contributed by atoms with van der Waals surface area (Å²) in [6, 6.07) is 0. The van der Waals surface area contributed by atoms with Gasteiger partial charge in [-0.3, -0.25) is 4.79 Å². The fourth-order valence-electron chi connectivity index (χ4n) is 2.02. The van der Waals surface area contributed by atoms with Gasteiger partial charge in [0.1, 0.15) is 0 Å². The van der Waals surface area contributed by atoms with Crippen LogP contribution in [0.15, 0.2) is 48.6 Å². The van der Waals surface area contributed by atoms with Gasteiger partial charge in [0.15, 0.2) is 0 Å². The number of carboxylic acid groups (broad SMARTS) is 1. The minimum Gasteiger partial charge on any atom is -0.481 e. The van der Waals surface area contributed by atoms with E-state index >= 15 is 0 Å². The summed E-state index contributed by atoms with van der Waals surface area (Å²) in [6.45, 7) is 2.14. The van der Waals surface area contributed by atoms with Crippen molar-refractivity contribution in [2.75, 3.05) is 0 Å². The Morgan fingerprint density at radius 1 is 0.917 bits per heavy atom. The van der Waals surface area contributed by atoms with Crippen LogP contribution in [-0.4, -0.2) is 33.5 Å². The van der Waals surface area contributed by atoms with Crippen LogP contribution < -0.4 is 0 Å². The zero-order valence-electron chi connectivity index (χ0n) is 14.7. The van der Waals surface area contributed by atoms with Gasteiger partial charge >= 0.3 is 5.97 Å². The number of aliphatic hydroxyl groups is 2. The van der Waals surface area contributed by atoms with E-state index in [9.17, 15) is 15.0 Å². The highest BCUT2D eigenvalue weighted by Crippen LogP contribution is 2.04. The Balaban J connectivity index is 3.80. The van der Waals surface area contributed by atoms with Crippen LogP contribution in [0.3, 0.4) is 0 Å². The van der Waals surface area contributed by atoms with Crippen LogP contribution in [0, 0.1) is 0 Å². The summed E-state index contributed by atoms with van der Waals surface area (Å²) in [5.74, 6) is -0.777. The molecule has 136 valence electrons. The molecule has 0 aromatic heterocycles. The molecular formula is C20H32O4. The second kappa shape index (κ2) is 16.2. The van der Waals surface area contributed by atoms with E-state index < -0.39 is 12.1 Å². The standard InChI is InChI=1S/C20H32O4/c1-2-3-8-13-18(21)14-9-4-5-10-15-19(22)16-11-6-7-12-17-20(23)24/h4-6,9-11,14-15,18-19,21-22H,2-3,7-8,12-13,16-17H2,1H3,(H,23,24)/b5-4+,11-6+,14-9+,15-10?/t18-,19+/m0/s1. The molecule has 0 fully saturated rings. The van der Waals surface area contributed by atoms with E-state index in [0.29, 0.717) is 19.3 Å². The van der Waals surface area contributed by atoms with E-state index in [-0.39, 0.29) is 12.5 Å². The Kier molecular flexibility index (Phi) is 15.1. The molecule has 0 aromatic carbocycles. The summed E-state index contributed by atoms with van der Waals surface area (Å²) in [4.78, 5) is 10.3. The molecule has 0 aliphatic heterocycles. The van der Waals surface area contributed by atoms with Gasteiger partial charge in [0.05, 0.1) is 12.2 Å². The van der Waals surface area contributed by atoms with Gasteiger partial charge in [0.25, 0.3) is 0 Å². The highest BCUT2D eigenvalue weighted by Gasteiger charge is 1.97. The molecule has 0 unspecified atom stereocenters. The quantitative estimate of drug-likeness (QED) is 0.253. The first-order chi connectivity index (χ1) is 11.6. The highest BCUT2D eigenvalue weighted by atomic mass is 16.4. The Labute approximate surface area is 145 Å². The van der Waals surface area contributed by atoms with Crippen molar-refractivity contribution in [1.29, 1.82) is 0 Å². The summed E-state index contributed by atoms with van der Waals surface area (Å²) < 4.78 is 0. The van der Waals surface area contributed by atoms with Crippen molar-refractivity contribution in [3.63, 3.8) is 0 Å². The largest absolute Gasteiger partial charge is 0.481 e. The number of unbranched alkanes of at least 4 members (excludes halogenated alkanes) is 3. The van der Waals surface area contributed by atoms with Gasteiger partial charge in [-0.1, -0.05) is 74.8 Å². The zero-order valence-corrected chi connectivity index (χ0v) is 14.7. The lowest BCUT2D eigenvalue weighted by Gasteiger charge is -2.02. The summed E-state index contributed by atoms with van der Waals surface area (Å²) in [7, 11) is 0. The van der Waals surface area contributed by atoms with Crippen LogP contribution in [0.1, 0.15) is 58.3 Å². The average molecular weight is 336 g/mol. The number of allylic oxidation sites excluding steroid dienone is 5. The molecule has 3 N–H and O–H groups in total. The molecule has 4 nitrogen and oxygen atoms in total. The third-order valence-electron chi connectivity index (χ3n) is 3.41. The zero-order chi connectivity index (χ0) is 18.0. The first-order valence-electron chi connectivity index (χ1n) is 8.80. The topological polar surface area (TPSA) is 77.8 Å². The number of aliphatic carboxylic acids is 1. The molecule has 24 heavy (non-hydrogen) atoms. The summed E-state index contributed by atoms with van der Waals surface area (Å²) in [5.41, 5.74) is 0. The maximum atomic E-state index is 10.3. The molecule has 0 aromatic rings. The Hall–Kier alpha value is -1.65. The Morgan fingerprint density at radius 3 is 2.21 bits per heavy atom. The van der Waals surface area contributed by atoms with Gasteiger partial charge in [-0.25, -0.2) is 0 Å². The van der Waals surface area contributed by atoms with Crippen LogP contribution in [0.2, 0.25) is 0 Å². The molecule has 0 bridgehead atoms. The number of hydrogen-bond donors (Lipinski definition) is 3. The van der Waals surface area contributed by atoms with Crippen molar-refractivity contribution in [2.45, 2.75) is 70.5 Å². The second-order valence-corrected chi connectivity index (χ2v) is 5.78. The van der Waals surface area contributed by atoms with Crippen molar-refractivity contribution >= 4 is 5.97 Å². The number of aliphatic hydroxyl groups excluding tert-OH is 2. The SMILES string of the molecule is CCCCC[C@H](O)/C=C/C=C/C=C[C@@H](O)C/C=C/CCCC(=O)O. The second-order valence-electron chi connectivity index (χ2n) is 5.78. The van der Waals surface area contributed by atoms with Crippen molar-refractivity contribution in [3.8, 4) is 0 Å². The van der Waals surface area contributed by atoms with Gasteiger partial charge in [0.2, 0.25) is 0 Å². The summed E-state index contributed by atoms with van der Waals surface area (Å²) >= 11 is 0. The molecule has 2 atom stereocenters. The number of carbonyl (C=O) groups is 1. The molecule has 0 aliphatic rings. The molecule has 0 radical (unpaired) electrons. The maximum absolute atomic E-state index is 10.3. The number of rotatable bonds is 14. The molecule has 0 saturated carbocycles. The van der Waals surface area contributed by atoms with Crippen molar-refractivity contribution < 1.29 is 20.1 Å². The van der Waals surface area contributed by atoms with Crippen molar-refractivity contribution in [1.82, 2.24) is 0 Å². The molecule has 0 spiro atoms. The van der Waals surface area contributed by atoms with E-state index in [2.05, 4.69) is 6.92 Å². The first-order valence-corrected chi connectivity index (χ1v) is 8.80. The van der Waals surface area contributed by atoms with Crippen LogP contribution in [0.5, 0.6) is 0 Å². The maximum Gasteiger partial charge on any atom is 0.303 e. The molecule has 0 rings (SSSR count). The van der Waals surface area contributed by atoms with Crippen molar-refractivity contribution in [2.24, 2.45) is 0 Å². The van der Waals surface area contributed by atoms with Gasteiger partial charge < -0.3 is 15.3 Å². The van der Waals surface area contributed by atoms with Gasteiger partial charge in [-0.15, -0.1) is 0 Å². The van der Waals surface area contributed by atoms with Gasteiger partial charge in [0, 0.05) is 6.42 Å². The first kappa shape index (κ1) is 22.4. The molecule has 0 aliphatic carbocycles. The van der Waals surface area contributed by atoms with Crippen LogP contribution >= 0.6 is 0 Å². The number of carboxylic acids is 1. The lowest BCUT2D eigenvalue weighted by atomic mass is 10.1. The third-order valence-corrected chi connectivity index (χ3v) is 3.41. The predicted molar refractivity (Wildman–Crippen MR) is 98.8 cm³/mol. The summed E-state index contributed by atoms with van der Waals surface area (Å²) in [6.07, 6.45) is 19.7. The average Bonchev–Trinajstić information content (AvgIpc) is 2.54. The third kappa shape index (κ3) is 16.7. The van der Waals surface area contributed by atoms with Crippen LogP contribution in [0.4, 0.5) is 0 Å². The van der Waals surface area contributed by atoms with E-state index in [4.69, 9.17) is 5.11 Å². The number of hydrogen-bond acceptors (Lipinski definition) is 3. The van der Waals surface area contributed by atoms with Gasteiger partial charge in [-0.05, 0) is 25.7 Å². The van der Waals surface area contributed by atoms with Crippen LogP contribution in [0.25, 0.3) is 0 Å².